The molecule has 8 heteroatoms. The Morgan fingerprint density at radius 1 is 1.34 bits per heavy atom. The number of aromatic nitrogens is 1. The topological polar surface area (TPSA) is 71.5 Å². The number of thiophene rings is 2. The van der Waals surface area contributed by atoms with Crippen molar-refractivity contribution in [3.8, 4) is 0 Å². The molecule has 4 rings (SSSR count). The van der Waals surface area contributed by atoms with Gasteiger partial charge < -0.3 is 10.1 Å². The average molecular weight is 430 g/mol. The van der Waals surface area contributed by atoms with E-state index in [-0.39, 0.29) is 17.9 Å². The van der Waals surface area contributed by atoms with Gasteiger partial charge in [0.05, 0.1) is 18.5 Å². The quantitative estimate of drug-likeness (QED) is 0.552. The molecule has 0 bridgehead atoms. The van der Waals surface area contributed by atoms with Crippen molar-refractivity contribution in [3.05, 3.63) is 45.1 Å². The fraction of sp³-hybridized carbons (Fsp3) is 0.381. The molecule has 1 fully saturated rings. The summed E-state index contributed by atoms with van der Waals surface area (Å²) in [6, 6.07) is 8.38. The lowest BCUT2D eigenvalue weighted by Gasteiger charge is -2.23. The van der Waals surface area contributed by atoms with Crippen LogP contribution in [0, 0.1) is 5.92 Å². The lowest BCUT2D eigenvalue weighted by molar-refractivity contribution is -0.117. The maximum absolute atomic E-state index is 12.3. The Labute approximate surface area is 177 Å². The number of carbonyl (C=O) groups excluding carboxylic acids is 2. The van der Waals surface area contributed by atoms with Crippen LogP contribution in [0.5, 0.6) is 0 Å². The van der Waals surface area contributed by atoms with Gasteiger partial charge in [0.15, 0.2) is 0 Å². The van der Waals surface area contributed by atoms with Crippen LogP contribution in [0.3, 0.4) is 0 Å². The zero-order valence-electron chi connectivity index (χ0n) is 16.6. The highest BCUT2D eigenvalue weighted by atomic mass is 32.1. The molecular formula is C21H23N3O3S2. The molecule has 0 aromatic carbocycles. The number of anilines is 1. The first-order valence-electron chi connectivity index (χ1n) is 9.53. The number of hydrogen-bond donors (Lipinski definition) is 1. The Balaban J connectivity index is 1.61. The number of esters is 1. The van der Waals surface area contributed by atoms with E-state index in [0.717, 1.165) is 28.8 Å². The van der Waals surface area contributed by atoms with Crippen molar-refractivity contribution < 1.29 is 14.3 Å². The number of nitrogens with zero attached hydrogens (tertiary/aromatic N) is 2. The first kappa shape index (κ1) is 20.0. The van der Waals surface area contributed by atoms with Crippen LogP contribution in [-0.2, 0) is 16.1 Å². The Morgan fingerprint density at radius 2 is 2.14 bits per heavy atom. The minimum absolute atomic E-state index is 0.0385. The molecule has 3 aromatic rings. The predicted molar refractivity (Wildman–Crippen MR) is 117 cm³/mol. The summed E-state index contributed by atoms with van der Waals surface area (Å²) in [4.78, 5) is 34.0. The lowest BCUT2D eigenvalue weighted by Crippen LogP contribution is -2.21. The molecule has 1 aliphatic carbocycles. The number of amides is 1. The number of carbonyl (C=O) groups is 2. The lowest BCUT2D eigenvalue weighted by atomic mass is 10.2. The first-order chi connectivity index (χ1) is 14.0. The van der Waals surface area contributed by atoms with Gasteiger partial charge in [-0.05, 0) is 50.4 Å². The highest BCUT2D eigenvalue weighted by molar-refractivity contribution is 7.21. The van der Waals surface area contributed by atoms with Crippen LogP contribution in [0.2, 0.25) is 0 Å². The molecule has 1 atom stereocenters. The number of rotatable bonds is 7. The van der Waals surface area contributed by atoms with Crippen molar-refractivity contribution in [2.45, 2.75) is 32.4 Å². The van der Waals surface area contributed by atoms with Crippen LogP contribution in [0.4, 0.5) is 5.69 Å². The van der Waals surface area contributed by atoms with E-state index in [1.165, 1.54) is 23.3 Å². The number of nitrogens with one attached hydrogen (secondary N) is 1. The largest absolute Gasteiger partial charge is 0.465 e. The van der Waals surface area contributed by atoms with Gasteiger partial charge in [0.2, 0.25) is 5.91 Å². The standard InChI is InChI=1S/C21H23N3O3S2/c1-12(16-5-4-10-28-16)24(2)11-14-8-9-15-17(23-19(25)13-6-7-13)18(21(26)27-3)29-20(15)22-14/h4-5,8-10,12-13H,6-7,11H2,1-3H3,(H,23,25). The summed E-state index contributed by atoms with van der Waals surface area (Å²) in [6.07, 6.45) is 1.80. The van der Waals surface area contributed by atoms with Gasteiger partial charge in [-0.1, -0.05) is 6.07 Å². The maximum Gasteiger partial charge on any atom is 0.350 e. The highest BCUT2D eigenvalue weighted by Gasteiger charge is 2.32. The SMILES string of the molecule is COC(=O)c1sc2nc(CN(C)C(C)c3cccs3)ccc2c1NC(=O)C1CC1. The van der Waals surface area contributed by atoms with Crippen molar-refractivity contribution in [3.63, 3.8) is 0 Å². The van der Waals surface area contributed by atoms with Gasteiger partial charge in [-0.25, -0.2) is 9.78 Å². The van der Waals surface area contributed by atoms with Gasteiger partial charge in [0, 0.05) is 28.8 Å². The van der Waals surface area contributed by atoms with E-state index in [9.17, 15) is 9.59 Å². The summed E-state index contributed by atoms with van der Waals surface area (Å²) in [5.41, 5.74) is 1.44. The second-order valence-corrected chi connectivity index (χ2v) is 9.30. The van der Waals surface area contributed by atoms with E-state index in [4.69, 9.17) is 9.72 Å². The zero-order chi connectivity index (χ0) is 20.5. The molecule has 1 unspecified atom stereocenters. The minimum Gasteiger partial charge on any atom is -0.465 e. The number of pyridine rings is 1. The van der Waals surface area contributed by atoms with Crippen molar-refractivity contribution in [1.29, 1.82) is 0 Å². The molecule has 3 aromatic heterocycles. The van der Waals surface area contributed by atoms with Crippen LogP contribution in [0.25, 0.3) is 10.2 Å². The third-order valence-electron chi connectivity index (χ3n) is 5.21. The summed E-state index contributed by atoms with van der Waals surface area (Å²) >= 11 is 3.01. The van der Waals surface area contributed by atoms with Gasteiger partial charge in [-0.3, -0.25) is 9.69 Å². The first-order valence-corrected chi connectivity index (χ1v) is 11.2. The van der Waals surface area contributed by atoms with Crippen molar-refractivity contribution in [2.75, 3.05) is 19.5 Å². The van der Waals surface area contributed by atoms with Crippen molar-refractivity contribution >= 4 is 50.5 Å². The molecule has 6 nitrogen and oxygen atoms in total. The van der Waals surface area contributed by atoms with Crippen molar-refractivity contribution in [1.82, 2.24) is 9.88 Å². The molecule has 1 saturated carbocycles. The number of ether oxygens (including phenoxy) is 1. The number of fused-ring (bicyclic) bond motifs is 1. The second kappa shape index (κ2) is 8.22. The third-order valence-corrected chi connectivity index (χ3v) is 7.33. The van der Waals surface area contributed by atoms with Crippen LogP contribution in [0.15, 0.2) is 29.6 Å². The summed E-state index contributed by atoms with van der Waals surface area (Å²) in [7, 11) is 3.42. The Kier molecular flexibility index (Phi) is 5.67. The Hall–Kier alpha value is -2.29. The third kappa shape index (κ3) is 4.19. The molecule has 0 saturated heterocycles. The molecule has 3 heterocycles. The minimum atomic E-state index is -0.455. The van der Waals surface area contributed by atoms with E-state index in [0.29, 0.717) is 17.1 Å². The Bertz CT molecular complexity index is 1040. The number of methoxy groups -OCH3 is 1. The van der Waals surface area contributed by atoms with Crippen LogP contribution >= 0.6 is 22.7 Å². The summed E-state index contributed by atoms with van der Waals surface area (Å²) in [6.45, 7) is 2.86. The second-order valence-electron chi connectivity index (χ2n) is 7.32. The molecule has 29 heavy (non-hydrogen) atoms. The van der Waals surface area contributed by atoms with Crippen LogP contribution in [-0.4, -0.2) is 35.9 Å². The average Bonchev–Trinajstić information content (AvgIpc) is 3.32. The fourth-order valence-electron chi connectivity index (χ4n) is 3.17. The van der Waals surface area contributed by atoms with Gasteiger partial charge in [-0.2, -0.15) is 0 Å². The van der Waals surface area contributed by atoms with E-state index >= 15 is 0 Å². The fourth-order valence-corrected chi connectivity index (χ4v) is 5.09. The summed E-state index contributed by atoms with van der Waals surface area (Å²) < 4.78 is 4.92. The molecular weight excluding hydrogens is 406 g/mol. The molecule has 1 amide bonds. The summed E-state index contributed by atoms with van der Waals surface area (Å²) in [5.74, 6) is -0.442. The van der Waals surface area contributed by atoms with Crippen LogP contribution in [0.1, 0.15) is 46.0 Å². The molecule has 1 aliphatic rings. The molecule has 0 spiro atoms. The van der Waals surface area contributed by atoms with Gasteiger partial charge in [0.1, 0.15) is 9.71 Å². The summed E-state index contributed by atoms with van der Waals surface area (Å²) in [5, 5.41) is 5.79. The molecule has 0 aliphatic heterocycles. The van der Waals surface area contributed by atoms with E-state index in [1.807, 2.05) is 12.1 Å². The zero-order valence-corrected chi connectivity index (χ0v) is 18.2. The monoisotopic (exact) mass is 429 g/mol. The van der Waals surface area contributed by atoms with Crippen LogP contribution < -0.4 is 5.32 Å². The molecule has 1 N–H and O–H groups in total. The molecule has 152 valence electrons. The Morgan fingerprint density at radius 3 is 2.79 bits per heavy atom. The number of hydrogen-bond acceptors (Lipinski definition) is 7. The van der Waals surface area contributed by atoms with E-state index in [1.54, 1.807) is 11.3 Å². The van der Waals surface area contributed by atoms with E-state index < -0.39 is 5.97 Å². The van der Waals surface area contributed by atoms with Gasteiger partial charge in [0.25, 0.3) is 0 Å². The smallest absolute Gasteiger partial charge is 0.350 e. The van der Waals surface area contributed by atoms with E-state index in [2.05, 4.69) is 41.7 Å². The predicted octanol–water partition coefficient (Wildman–Crippen LogP) is 4.69. The van der Waals surface area contributed by atoms with Gasteiger partial charge >= 0.3 is 5.97 Å². The van der Waals surface area contributed by atoms with Gasteiger partial charge in [-0.15, -0.1) is 22.7 Å². The maximum atomic E-state index is 12.3. The normalized spacial score (nSPS) is 14.9. The highest BCUT2D eigenvalue weighted by Crippen LogP contribution is 2.38. The van der Waals surface area contributed by atoms with Crippen molar-refractivity contribution in [2.24, 2.45) is 5.92 Å². The molecule has 0 radical (unpaired) electrons.